The lowest BCUT2D eigenvalue weighted by molar-refractivity contribution is -0.274. The molecule has 1 fully saturated rings. The maximum absolute atomic E-state index is 12.4. The van der Waals surface area contributed by atoms with Gasteiger partial charge in [-0.15, -0.1) is 13.2 Å². The van der Waals surface area contributed by atoms with Crippen molar-refractivity contribution in [1.29, 1.82) is 0 Å². The van der Waals surface area contributed by atoms with Crippen molar-refractivity contribution in [2.75, 3.05) is 29.5 Å². The molecule has 28 heavy (non-hydrogen) atoms. The Morgan fingerprint density at radius 1 is 0.929 bits per heavy atom. The first-order valence-electron chi connectivity index (χ1n) is 8.82. The Bertz CT molecular complexity index is 934. The molecule has 2 heterocycles. The first-order chi connectivity index (χ1) is 13.5. The second-order valence-corrected chi connectivity index (χ2v) is 7.59. The second-order valence-electron chi connectivity index (χ2n) is 6.37. The molecule has 8 heteroatoms. The van der Waals surface area contributed by atoms with Gasteiger partial charge in [-0.3, -0.25) is 0 Å². The van der Waals surface area contributed by atoms with E-state index in [2.05, 4.69) is 26.9 Å². The van der Waals surface area contributed by atoms with Crippen LogP contribution in [0.2, 0.25) is 0 Å². The fourth-order valence-corrected chi connectivity index (χ4v) is 4.03. The van der Waals surface area contributed by atoms with Crippen LogP contribution in [-0.4, -0.2) is 40.7 Å². The van der Waals surface area contributed by atoms with E-state index in [0.29, 0.717) is 5.69 Å². The Kier molecular flexibility index (Phi) is 5.21. The molecule has 0 saturated carbocycles. The molecular weight excluding hydrogens is 387 g/mol. The van der Waals surface area contributed by atoms with Crippen molar-refractivity contribution < 1.29 is 17.9 Å². The zero-order chi connectivity index (χ0) is 19.6. The van der Waals surface area contributed by atoms with E-state index in [1.54, 1.807) is 18.5 Å². The summed E-state index contributed by atoms with van der Waals surface area (Å²) in [7, 11) is 0. The first-order valence-corrected chi connectivity index (χ1v) is 9.97. The van der Waals surface area contributed by atoms with E-state index in [0.717, 1.165) is 35.7 Å². The summed E-state index contributed by atoms with van der Waals surface area (Å²) in [4.78, 5) is 2.37. The van der Waals surface area contributed by atoms with Crippen molar-refractivity contribution in [3.8, 4) is 22.6 Å². The lowest BCUT2D eigenvalue weighted by Gasteiger charge is -2.28. The van der Waals surface area contributed by atoms with Gasteiger partial charge in [-0.1, -0.05) is 18.2 Å². The van der Waals surface area contributed by atoms with Crippen LogP contribution < -0.4 is 9.64 Å². The Hall–Kier alpha value is -2.61. The number of hydrogen-bond acceptors (Lipinski definition) is 4. The third-order valence-corrected chi connectivity index (χ3v) is 5.42. The predicted octanol–water partition coefficient (Wildman–Crippen LogP) is 4.99. The number of halogens is 3. The minimum absolute atomic E-state index is 0.272. The number of ether oxygens (including phenoxy) is 1. The first kappa shape index (κ1) is 18.7. The van der Waals surface area contributed by atoms with Gasteiger partial charge in [-0.05, 0) is 29.8 Å². The van der Waals surface area contributed by atoms with Gasteiger partial charge < -0.3 is 9.64 Å². The van der Waals surface area contributed by atoms with E-state index in [1.165, 1.54) is 28.6 Å². The summed E-state index contributed by atoms with van der Waals surface area (Å²) in [5.41, 5.74) is 3.59. The van der Waals surface area contributed by atoms with Gasteiger partial charge in [0.05, 0.1) is 11.9 Å². The van der Waals surface area contributed by atoms with Crippen LogP contribution in [0.3, 0.4) is 0 Å². The van der Waals surface area contributed by atoms with E-state index >= 15 is 0 Å². The highest BCUT2D eigenvalue weighted by molar-refractivity contribution is 7.99. The SMILES string of the molecule is FC(F)(F)Oc1cccc(-n2cc(-c3ccc(N4CCSCC4)cc3)cn2)c1. The predicted molar refractivity (Wildman–Crippen MR) is 105 cm³/mol. The third-order valence-electron chi connectivity index (χ3n) is 4.48. The molecule has 1 aliphatic rings. The molecule has 0 N–H and O–H groups in total. The van der Waals surface area contributed by atoms with Crippen molar-refractivity contribution in [2.45, 2.75) is 6.36 Å². The summed E-state index contributed by atoms with van der Waals surface area (Å²) < 4.78 is 42.8. The molecule has 1 aliphatic heterocycles. The molecule has 0 amide bonds. The van der Waals surface area contributed by atoms with Crippen LogP contribution in [-0.2, 0) is 0 Å². The van der Waals surface area contributed by atoms with E-state index in [4.69, 9.17) is 0 Å². The Balaban J connectivity index is 1.52. The quantitative estimate of drug-likeness (QED) is 0.612. The van der Waals surface area contributed by atoms with Gasteiger partial charge in [0.1, 0.15) is 5.75 Å². The van der Waals surface area contributed by atoms with Crippen LogP contribution in [0.5, 0.6) is 5.75 Å². The van der Waals surface area contributed by atoms with Crippen molar-refractivity contribution >= 4 is 17.4 Å². The summed E-state index contributed by atoms with van der Waals surface area (Å²) in [6.07, 6.45) is -1.23. The molecule has 4 nitrogen and oxygen atoms in total. The maximum atomic E-state index is 12.4. The van der Waals surface area contributed by atoms with Gasteiger partial charge in [0.15, 0.2) is 0 Å². The molecule has 2 aromatic carbocycles. The van der Waals surface area contributed by atoms with E-state index in [-0.39, 0.29) is 5.75 Å². The van der Waals surface area contributed by atoms with Crippen LogP contribution in [0.4, 0.5) is 18.9 Å². The minimum atomic E-state index is -4.72. The molecule has 0 spiro atoms. The monoisotopic (exact) mass is 405 g/mol. The van der Waals surface area contributed by atoms with Crippen molar-refractivity contribution in [1.82, 2.24) is 9.78 Å². The normalized spacial score (nSPS) is 14.9. The molecule has 0 atom stereocenters. The molecule has 146 valence electrons. The van der Waals surface area contributed by atoms with E-state index < -0.39 is 6.36 Å². The van der Waals surface area contributed by atoms with Crippen LogP contribution >= 0.6 is 11.8 Å². The number of thioether (sulfide) groups is 1. The number of anilines is 1. The van der Waals surface area contributed by atoms with Crippen molar-refractivity contribution in [2.24, 2.45) is 0 Å². The molecular formula is C20H18F3N3OS. The zero-order valence-corrected chi connectivity index (χ0v) is 15.7. The highest BCUT2D eigenvalue weighted by Crippen LogP contribution is 2.27. The minimum Gasteiger partial charge on any atom is -0.406 e. The maximum Gasteiger partial charge on any atom is 0.573 e. The smallest absolute Gasteiger partial charge is 0.406 e. The standard InChI is InChI=1S/C20H18F3N3OS/c21-20(22,23)27-19-3-1-2-18(12-19)26-14-16(13-24-26)15-4-6-17(7-5-15)25-8-10-28-11-9-25/h1-7,12-14H,8-11H2. The average Bonchev–Trinajstić information content (AvgIpc) is 3.18. The van der Waals surface area contributed by atoms with Gasteiger partial charge in [-0.25, -0.2) is 4.68 Å². The average molecular weight is 405 g/mol. The topological polar surface area (TPSA) is 30.3 Å². The lowest BCUT2D eigenvalue weighted by atomic mass is 10.1. The number of benzene rings is 2. The Morgan fingerprint density at radius 2 is 1.68 bits per heavy atom. The van der Waals surface area contributed by atoms with Gasteiger partial charge in [0.2, 0.25) is 0 Å². The van der Waals surface area contributed by atoms with Crippen LogP contribution in [0.25, 0.3) is 16.8 Å². The van der Waals surface area contributed by atoms with Gasteiger partial charge in [0.25, 0.3) is 0 Å². The molecule has 0 bridgehead atoms. The third kappa shape index (κ3) is 4.44. The largest absolute Gasteiger partial charge is 0.573 e. The number of alkyl halides is 3. The molecule has 1 saturated heterocycles. The highest BCUT2D eigenvalue weighted by atomic mass is 32.2. The van der Waals surface area contributed by atoms with Crippen LogP contribution in [0.15, 0.2) is 60.9 Å². The Labute approximate surface area is 164 Å². The molecule has 0 radical (unpaired) electrons. The summed E-state index contributed by atoms with van der Waals surface area (Å²) in [6.45, 7) is 2.11. The van der Waals surface area contributed by atoms with Crippen molar-refractivity contribution in [3.63, 3.8) is 0 Å². The molecule has 3 aromatic rings. The number of aromatic nitrogens is 2. The van der Waals surface area contributed by atoms with Crippen molar-refractivity contribution in [3.05, 3.63) is 60.9 Å². The second kappa shape index (κ2) is 7.79. The number of hydrogen-bond donors (Lipinski definition) is 0. The molecule has 4 rings (SSSR count). The van der Waals surface area contributed by atoms with Crippen LogP contribution in [0.1, 0.15) is 0 Å². The molecule has 0 unspecified atom stereocenters. The van der Waals surface area contributed by atoms with E-state index in [9.17, 15) is 13.2 Å². The lowest BCUT2D eigenvalue weighted by Crippen LogP contribution is -2.32. The van der Waals surface area contributed by atoms with Gasteiger partial charge in [0, 0.05) is 48.1 Å². The van der Waals surface area contributed by atoms with Gasteiger partial charge in [-0.2, -0.15) is 16.9 Å². The zero-order valence-electron chi connectivity index (χ0n) is 14.9. The van der Waals surface area contributed by atoms with Gasteiger partial charge >= 0.3 is 6.36 Å². The fourth-order valence-electron chi connectivity index (χ4n) is 3.12. The summed E-state index contributed by atoms with van der Waals surface area (Å²) in [6, 6.07) is 14.0. The summed E-state index contributed by atoms with van der Waals surface area (Å²) in [5.74, 6) is 2.02. The molecule has 1 aromatic heterocycles. The highest BCUT2D eigenvalue weighted by Gasteiger charge is 2.31. The van der Waals surface area contributed by atoms with Crippen LogP contribution in [0, 0.1) is 0 Å². The summed E-state index contributed by atoms with van der Waals surface area (Å²) >= 11 is 1.97. The number of nitrogens with zero attached hydrogens (tertiary/aromatic N) is 3. The Morgan fingerprint density at radius 3 is 2.39 bits per heavy atom. The van der Waals surface area contributed by atoms with E-state index in [1.807, 2.05) is 23.9 Å². The number of rotatable bonds is 4. The fraction of sp³-hybridized carbons (Fsp3) is 0.250. The summed E-state index contributed by atoms with van der Waals surface area (Å²) in [5, 5.41) is 4.28. The molecule has 0 aliphatic carbocycles.